The van der Waals surface area contributed by atoms with Crippen LogP contribution in [0.4, 0.5) is 0 Å². The molecule has 7 heteroatoms. The number of thioether (sulfide) groups is 1. The number of amides is 1. The zero-order valence-corrected chi connectivity index (χ0v) is 14.1. The third kappa shape index (κ3) is 4.31. The third-order valence-electron chi connectivity index (χ3n) is 3.04. The second-order valence-electron chi connectivity index (χ2n) is 4.89. The van der Waals surface area contributed by atoms with Crippen LogP contribution in [0.1, 0.15) is 26.7 Å². The van der Waals surface area contributed by atoms with Gasteiger partial charge in [0.05, 0.1) is 10.6 Å². The minimum atomic E-state index is 0.0432. The minimum absolute atomic E-state index is 0.0432. The van der Waals surface area contributed by atoms with Crippen LogP contribution in [0.15, 0.2) is 22.7 Å². The van der Waals surface area contributed by atoms with Crippen molar-refractivity contribution in [2.24, 2.45) is 7.05 Å². The molecule has 2 aromatic heterocycles. The van der Waals surface area contributed by atoms with Gasteiger partial charge in [0.25, 0.3) is 0 Å². The number of nitrogens with zero attached hydrogens (tertiary/aromatic N) is 3. The molecule has 0 fully saturated rings. The Morgan fingerprint density at radius 2 is 2.33 bits per heavy atom. The molecule has 0 aliphatic rings. The summed E-state index contributed by atoms with van der Waals surface area (Å²) in [6.07, 6.45) is 2.07. The number of hydrogen-bond acceptors (Lipinski definition) is 5. The number of hydrogen-bond donors (Lipinski definition) is 1. The Balaban J connectivity index is 1.91. The van der Waals surface area contributed by atoms with Gasteiger partial charge in [-0.05, 0) is 24.8 Å². The molecule has 114 valence electrons. The fourth-order valence-electron chi connectivity index (χ4n) is 2.01. The van der Waals surface area contributed by atoms with Crippen LogP contribution >= 0.6 is 23.1 Å². The molecule has 1 N–H and O–H groups in total. The molecular weight excluding hydrogens is 304 g/mol. The molecule has 0 bridgehead atoms. The van der Waals surface area contributed by atoms with Gasteiger partial charge in [-0.1, -0.05) is 31.2 Å². The normalized spacial score (nSPS) is 12.3. The van der Waals surface area contributed by atoms with Crippen molar-refractivity contribution < 1.29 is 4.79 Å². The number of aromatic nitrogens is 3. The van der Waals surface area contributed by atoms with Crippen molar-refractivity contribution in [2.75, 3.05) is 5.75 Å². The summed E-state index contributed by atoms with van der Waals surface area (Å²) in [6, 6.07) is 4.23. The van der Waals surface area contributed by atoms with Gasteiger partial charge in [0.2, 0.25) is 5.91 Å². The number of rotatable bonds is 7. The first-order valence-corrected chi connectivity index (χ1v) is 8.83. The summed E-state index contributed by atoms with van der Waals surface area (Å²) >= 11 is 3.05. The first-order chi connectivity index (χ1) is 10.1. The molecule has 0 aromatic carbocycles. The summed E-state index contributed by atoms with van der Waals surface area (Å²) in [6.45, 7) is 4.15. The van der Waals surface area contributed by atoms with Crippen LogP contribution in [0, 0.1) is 0 Å². The highest BCUT2D eigenvalue weighted by molar-refractivity contribution is 7.99. The minimum Gasteiger partial charge on any atom is -0.353 e. The molecule has 21 heavy (non-hydrogen) atoms. The van der Waals surface area contributed by atoms with E-state index in [0.717, 1.165) is 28.7 Å². The van der Waals surface area contributed by atoms with Crippen molar-refractivity contribution in [2.45, 2.75) is 37.9 Å². The molecule has 2 heterocycles. The highest BCUT2D eigenvalue weighted by Gasteiger charge is 2.14. The van der Waals surface area contributed by atoms with Crippen molar-refractivity contribution in [3.63, 3.8) is 0 Å². The molecular formula is C14H20N4OS2. The standard InChI is InChI=1S/C14H20N4OS2/c1-4-6-10(2)15-12(19)9-21-14-17-16-13(18(14)3)11-7-5-8-20-11/h5,7-8,10H,4,6,9H2,1-3H3,(H,15,19). The molecule has 0 aliphatic carbocycles. The predicted octanol–water partition coefficient (Wildman–Crippen LogP) is 2.94. The zero-order chi connectivity index (χ0) is 15.2. The maximum atomic E-state index is 11.9. The Morgan fingerprint density at radius 1 is 1.52 bits per heavy atom. The number of thiophene rings is 1. The van der Waals surface area contributed by atoms with Crippen molar-refractivity contribution in [1.82, 2.24) is 20.1 Å². The maximum absolute atomic E-state index is 11.9. The summed E-state index contributed by atoms with van der Waals surface area (Å²) in [4.78, 5) is 12.9. The number of carbonyl (C=O) groups is 1. The Labute approximate surface area is 133 Å². The Hall–Kier alpha value is -1.34. The molecule has 2 rings (SSSR count). The van der Waals surface area contributed by atoms with E-state index in [0.29, 0.717) is 5.75 Å². The highest BCUT2D eigenvalue weighted by atomic mass is 32.2. The van der Waals surface area contributed by atoms with Crippen molar-refractivity contribution in [1.29, 1.82) is 0 Å². The summed E-state index contributed by atoms with van der Waals surface area (Å²) in [7, 11) is 1.93. The van der Waals surface area contributed by atoms with Gasteiger partial charge in [0, 0.05) is 13.1 Å². The van der Waals surface area contributed by atoms with Crippen molar-refractivity contribution in [3.05, 3.63) is 17.5 Å². The van der Waals surface area contributed by atoms with E-state index < -0.39 is 0 Å². The smallest absolute Gasteiger partial charge is 0.230 e. The van der Waals surface area contributed by atoms with E-state index in [1.165, 1.54) is 11.8 Å². The number of nitrogens with one attached hydrogen (secondary N) is 1. The monoisotopic (exact) mass is 324 g/mol. The van der Waals surface area contributed by atoms with E-state index in [4.69, 9.17) is 0 Å². The molecule has 0 spiro atoms. The SMILES string of the molecule is CCCC(C)NC(=O)CSc1nnc(-c2cccs2)n1C. The van der Waals surface area contributed by atoms with E-state index in [-0.39, 0.29) is 11.9 Å². The molecule has 0 radical (unpaired) electrons. The lowest BCUT2D eigenvalue weighted by Crippen LogP contribution is -2.33. The number of carbonyl (C=O) groups excluding carboxylic acids is 1. The summed E-state index contributed by atoms with van der Waals surface area (Å²) in [5.74, 6) is 1.25. The average molecular weight is 324 g/mol. The van der Waals surface area contributed by atoms with E-state index in [2.05, 4.69) is 22.4 Å². The van der Waals surface area contributed by atoms with Gasteiger partial charge >= 0.3 is 0 Å². The lowest BCUT2D eigenvalue weighted by atomic mass is 10.2. The summed E-state index contributed by atoms with van der Waals surface area (Å²) in [5.41, 5.74) is 0. The van der Waals surface area contributed by atoms with Gasteiger partial charge in [-0.3, -0.25) is 4.79 Å². The van der Waals surface area contributed by atoms with Crippen LogP contribution in [-0.4, -0.2) is 32.5 Å². The molecule has 1 amide bonds. The average Bonchev–Trinajstić information content (AvgIpc) is 3.06. The molecule has 2 aromatic rings. The van der Waals surface area contributed by atoms with Gasteiger partial charge in [-0.25, -0.2) is 0 Å². The van der Waals surface area contributed by atoms with E-state index in [1.807, 2.05) is 36.1 Å². The second kappa shape index (κ2) is 7.61. The zero-order valence-electron chi connectivity index (χ0n) is 12.5. The van der Waals surface area contributed by atoms with Crippen LogP contribution in [-0.2, 0) is 11.8 Å². The maximum Gasteiger partial charge on any atom is 0.230 e. The van der Waals surface area contributed by atoms with Gasteiger partial charge in [0.15, 0.2) is 11.0 Å². The Bertz CT molecular complexity index is 580. The predicted molar refractivity (Wildman–Crippen MR) is 87.6 cm³/mol. The molecule has 0 saturated heterocycles. The van der Waals surface area contributed by atoms with Crippen molar-refractivity contribution in [3.8, 4) is 10.7 Å². The lowest BCUT2D eigenvalue weighted by Gasteiger charge is -2.12. The van der Waals surface area contributed by atoms with Crippen LogP contribution < -0.4 is 5.32 Å². The van der Waals surface area contributed by atoms with Crippen molar-refractivity contribution >= 4 is 29.0 Å². The second-order valence-corrected chi connectivity index (χ2v) is 6.78. The summed E-state index contributed by atoms with van der Waals surface area (Å²) < 4.78 is 1.93. The molecule has 5 nitrogen and oxygen atoms in total. The van der Waals surface area contributed by atoms with Gasteiger partial charge in [0.1, 0.15) is 0 Å². The highest BCUT2D eigenvalue weighted by Crippen LogP contribution is 2.25. The van der Waals surface area contributed by atoms with E-state index in [1.54, 1.807) is 11.3 Å². The quantitative estimate of drug-likeness (QED) is 0.796. The Morgan fingerprint density at radius 3 is 3.00 bits per heavy atom. The van der Waals surface area contributed by atoms with Crippen LogP contribution in [0.25, 0.3) is 10.7 Å². The fraction of sp³-hybridized carbons (Fsp3) is 0.500. The fourth-order valence-corrected chi connectivity index (χ4v) is 3.48. The van der Waals surface area contributed by atoms with Gasteiger partial charge in [-0.15, -0.1) is 21.5 Å². The van der Waals surface area contributed by atoms with Gasteiger partial charge in [-0.2, -0.15) is 0 Å². The summed E-state index contributed by atoms with van der Waals surface area (Å²) in [5, 5.41) is 14.1. The lowest BCUT2D eigenvalue weighted by molar-refractivity contribution is -0.119. The van der Waals surface area contributed by atoms with Gasteiger partial charge < -0.3 is 9.88 Å². The van der Waals surface area contributed by atoms with E-state index >= 15 is 0 Å². The third-order valence-corrected chi connectivity index (χ3v) is 4.92. The molecule has 1 atom stereocenters. The molecule has 0 aliphatic heterocycles. The van der Waals surface area contributed by atoms with E-state index in [9.17, 15) is 4.79 Å². The first-order valence-electron chi connectivity index (χ1n) is 6.97. The topological polar surface area (TPSA) is 59.8 Å². The van der Waals surface area contributed by atoms with Crippen LogP contribution in [0.3, 0.4) is 0 Å². The molecule has 1 unspecified atom stereocenters. The van der Waals surface area contributed by atoms with Crippen LogP contribution in [0.2, 0.25) is 0 Å². The largest absolute Gasteiger partial charge is 0.353 e. The first kappa shape index (κ1) is 16.0. The molecule has 0 saturated carbocycles. The Kier molecular flexibility index (Phi) is 5.81. The van der Waals surface area contributed by atoms with Crippen LogP contribution in [0.5, 0.6) is 0 Å².